The van der Waals surface area contributed by atoms with Crippen molar-refractivity contribution in [3.63, 3.8) is 0 Å². The van der Waals surface area contributed by atoms with Crippen LogP contribution >= 0.6 is 23.2 Å². The Kier molecular flexibility index (Phi) is 7.16. The minimum atomic E-state index is -1.04. The maximum absolute atomic E-state index is 11.7. The fourth-order valence-electron chi connectivity index (χ4n) is 3.15. The number of carbonyl (C=O) groups excluding carboxylic acids is 1. The standard InChI is InChI=1S/C20H23Cl2N3O4/c1-2-28-18(26)10-20(27)6-8-25(9-7-20)19-23-11-14(12-24-19)29-13-15-16(21)4-3-5-17(15)22/h3-5,11-12,27H,2,6-10,13H2,1H3. The first-order chi connectivity index (χ1) is 13.9. The van der Waals surface area contributed by atoms with Gasteiger partial charge in [0.25, 0.3) is 0 Å². The highest BCUT2D eigenvalue weighted by atomic mass is 35.5. The van der Waals surface area contributed by atoms with Crippen LogP contribution in [-0.2, 0) is 16.1 Å². The molecule has 2 heterocycles. The number of anilines is 1. The quantitative estimate of drug-likeness (QED) is 0.658. The molecule has 0 atom stereocenters. The Morgan fingerprint density at radius 1 is 1.21 bits per heavy atom. The zero-order chi connectivity index (χ0) is 20.9. The summed E-state index contributed by atoms with van der Waals surface area (Å²) in [7, 11) is 0. The second-order valence-electron chi connectivity index (χ2n) is 6.90. The molecule has 1 saturated heterocycles. The Morgan fingerprint density at radius 2 is 1.83 bits per heavy atom. The van der Waals surface area contributed by atoms with Crippen molar-refractivity contribution < 1.29 is 19.4 Å². The number of carbonyl (C=O) groups is 1. The fraction of sp³-hybridized carbons (Fsp3) is 0.450. The van der Waals surface area contributed by atoms with E-state index >= 15 is 0 Å². The molecule has 1 aliphatic heterocycles. The molecule has 0 amide bonds. The van der Waals surface area contributed by atoms with E-state index in [1.54, 1.807) is 37.5 Å². The van der Waals surface area contributed by atoms with Crippen molar-refractivity contribution in [2.24, 2.45) is 0 Å². The van der Waals surface area contributed by atoms with Gasteiger partial charge in [-0.2, -0.15) is 0 Å². The average molecular weight is 440 g/mol. The summed E-state index contributed by atoms with van der Waals surface area (Å²) < 4.78 is 10.6. The third-order valence-electron chi connectivity index (χ3n) is 4.82. The van der Waals surface area contributed by atoms with Crippen molar-refractivity contribution in [3.8, 4) is 5.75 Å². The molecule has 7 nitrogen and oxygen atoms in total. The lowest BCUT2D eigenvalue weighted by Crippen LogP contribution is -2.46. The molecule has 3 rings (SSSR count). The van der Waals surface area contributed by atoms with Crippen LogP contribution in [0.15, 0.2) is 30.6 Å². The number of benzene rings is 1. The van der Waals surface area contributed by atoms with Crippen molar-refractivity contribution in [3.05, 3.63) is 46.2 Å². The molecule has 0 saturated carbocycles. The first-order valence-electron chi connectivity index (χ1n) is 9.41. The van der Waals surface area contributed by atoms with Crippen LogP contribution in [0.1, 0.15) is 31.7 Å². The van der Waals surface area contributed by atoms with Gasteiger partial charge in [0.2, 0.25) is 5.95 Å². The largest absolute Gasteiger partial charge is 0.486 e. The Bertz CT molecular complexity index is 820. The summed E-state index contributed by atoms with van der Waals surface area (Å²) in [4.78, 5) is 22.3. The molecular weight excluding hydrogens is 417 g/mol. The highest BCUT2D eigenvalue weighted by Gasteiger charge is 2.35. The second kappa shape index (κ2) is 9.61. The second-order valence-corrected chi connectivity index (χ2v) is 7.72. The normalized spacial score (nSPS) is 15.8. The molecule has 1 aromatic heterocycles. The average Bonchev–Trinajstić information content (AvgIpc) is 2.69. The lowest BCUT2D eigenvalue weighted by atomic mass is 9.88. The fourth-order valence-corrected chi connectivity index (χ4v) is 3.66. The Morgan fingerprint density at radius 3 is 2.41 bits per heavy atom. The molecule has 0 aliphatic carbocycles. The van der Waals surface area contributed by atoms with Gasteiger partial charge in [0.15, 0.2) is 5.75 Å². The summed E-state index contributed by atoms with van der Waals surface area (Å²) in [6.07, 6.45) is 4.07. The number of halogens is 2. The predicted molar refractivity (Wildman–Crippen MR) is 110 cm³/mol. The lowest BCUT2D eigenvalue weighted by molar-refractivity contribution is -0.149. The van der Waals surface area contributed by atoms with Crippen LogP contribution in [0.3, 0.4) is 0 Å². The van der Waals surface area contributed by atoms with Crippen LogP contribution in [0.2, 0.25) is 10.0 Å². The Labute approximate surface area is 179 Å². The van der Waals surface area contributed by atoms with Crippen LogP contribution in [0.4, 0.5) is 5.95 Å². The van der Waals surface area contributed by atoms with Crippen LogP contribution < -0.4 is 9.64 Å². The molecule has 0 spiro atoms. The van der Waals surface area contributed by atoms with E-state index in [9.17, 15) is 9.90 Å². The van der Waals surface area contributed by atoms with Gasteiger partial charge in [0.05, 0.1) is 31.0 Å². The van der Waals surface area contributed by atoms with Crippen molar-refractivity contribution in [1.29, 1.82) is 0 Å². The van der Waals surface area contributed by atoms with Crippen LogP contribution in [0, 0.1) is 0 Å². The van der Waals surface area contributed by atoms with Gasteiger partial charge < -0.3 is 19.5 Å². The molecule has 0 unspecified atom stereocenters. The number of aromatic nitrogens is 2. The summed E-state index contributed by atoms with van der Waals surface area (Å²) in [5.41, 5.74) is -0.336. The molecule has 9 heteroatoms. The molecular formula is C20H23Cl2N3O4. The summed E-state index contributed by atoms with van der Waals surface area (Å²) in [5.74, 6) is 0.673. The number of esters is 1. The van der Waals surface area contributed by atoms with E-state index in [0.29, 0.717) is 59.8 Å². The third-order valence-corrected chi connectivity index (χ3v) is 5.52. The number of ether oxygens (including phenoxy) is 2. The number of hydrogen-bond acceptors (Lipinski definition) is 7. The molecule has 1 fully saturated rings. The Hall–Kier alpha value is -2.09. The van der Waals surface area contributed by atoms with Crippen molar-refractivity contribution in [2.75, 3.05) is 24.6 Å². The SMILES string of the molecule is CCOC(=O)CC1(O)CCN(c2ncc(OCc3c(Cl)cccc3Cl)cn2)CC1. The molecule has 1 aliphatic rings. The van der Waals surface area contributed by atoms with Gasteiger partial charge in [-0.3, -0.25) is 4.79 Å². The minimum absolute atomic E-state index is 0.00687. The topological polar surface area (TPSA) is 84.8 Å². The molecule has 1 aromatic carbocycles. The van der Waals surface area contributed by atoms with Crippen LogP contribution in [0.5, 0.6) is 5.75 Å². The number of aliphatic hydroxyl groups is 1. The van der Waals surface area contributed by atoms with Crippen LogP contribution in [0.25, 0.3) is 0 Å². The molecule has 156 valence electrons. The monoisotopic (exact) mass is 439 g/mol. The third kappa shape index (κ3) is 5.72. The molecule has 2 aromatic rings. The highest BCUT2D eigenvalue weighted by molar-refractivity contribution is 6.35. The smallest absolute Gasteiger partial charge is 0.308 e. The van der Waals surface area contributed by atoms with E-state index in [0.717, 1.165) is 0 Å². The van der Waals surface area contributed by atoms with E-state index in [4.69, 9.17) is 32.7 Å². The van der Waals surface area contributed by atoms with Crippen molar-refractivity contribution in [2.45, 2.75) is 38.4 Å². The first kappa shape index (κ1) is 21.6. The summed E-state index contributed by atoms with van der Waals surface area (Å²) in [6, 6.07) is 5.29. The van der Waals surface area contributed by atoms with E-state index in [1.807, 2.05) is 4.90 Å². The van der Waals surface area contributed by atoms with Crippen molar-refractivity contribution >= 4 is 35.1 Å². The lowest BCUT2D eigenvalue weighted by Gasteiger charge is -2.37. The molecule has 0 bridgehead atoms. The maximum atomic E-state index is 11.7. The zero-order valence-corrected chi connectivity index (χ0v) is 17.6. The van der Waals surface area contributed by atoms with E-state index in [1.165, 1.54) is 0 Å². The highest BCUT2D eigenvalue weighted by Crippen LogP contribution is 2.29. The molecule has 29 heavy (non-hydrogen) atoms. The maximum Gasteiger partial charge on any atom is 0.308 e. The van der Waals surface area contributed by atoms with Gasteiger partial charge in [-0.05, 0) is 31.9 Å². The number of hydrogen-bond donors (Lipinski definition) is 1. The number of piperidine rings is 1. The number of rotatable bonds is 7. The van der Waals surface area contributed by atoms with Crippen molar-refractivity contribution in [1.82, 2.24) is 9.97 Å². The first-order valence-corrected chi connectivity index (χ1v) is 10.2. The van der Waals surface area contributed by atoms with Crippen LogP contribution in [-0.4, -0.2) is 46.3 Å². The molecule has 1 N–H and O–H groups in total. The van der Waals surface area contributed by atoms with E-state index in [-0.39, 0.29) is 19.0 Å². The van der Waals surface area contributed by atoms with Gasteiger partial charge in [-0.1, -0.05) is 29.3 Å². The Balaban J connectivity index is 1.54. The zero-order valence-electron chi connectivity index (χ0n) is 16.1. The van der Waals surface area contributed by atoms with Gasteiger partial charge in [-0.15, -0.1) is 0 Å². The van der Waals surface area contributed by atoms with Gasteiger partial charge in [0, 0.05) is 28.7 Å². The van der Waals surface area contributed by atoms with Gasteiger partial charge in [0.1, 0.15) is 6.61 Å². The van der Waals surface area contributed by atoms with E-state index < -0.39 is 5.60 Å². The summed E-state index contributed by atoms with van der Waals surface area (Å²) >= 11 is 12.3. The minimum Gasteiger partial charge on any atom is -0.486 e. The molecule has 0 radical (unpaired) electrons. The van der Waals surface area contributed by atoms with Gasteiger partial charge >= 0.3 is 5.97 Å². The summed E-state index contributed by atoms with van der Waals surface area (Å²) in [6.45, 7) is 3.37. The predicted octanol–water partition coefficient (Wildman–Crippen LogP) is 3.65. The summed E-state index contributed by atoms with van der Waals surface area (Å²) in [5, 5.41) is 11.7. The van der Waals surface area contributed by atoms with Gasteiger partial charge in [-0.25, -0.2) is 9.97 Å². The number of nitrogens with zero attached hydrogens (tertiary/aromatic N) is 3. The van der Waals surface area contributed by atoms with E-state index in [2.05, 4.69) is 9.97 Å².